The van der Waals surface area contributed by atoms with Crippen LogP contribution in [0.1, 0.15) is 51.6 Å². The Labute approximate surface area is 215 Å². The molecule has 0 aliphatic carbocycles. The van der Waals surface area contributed by atoms with Gasteiger partial charge in [-0.2, -0.15) is 0 Å². The fourth-order valence-corrected chi connectivity index (χ4v) is 3.84. The summed E-state index contributed by atoms with van der Waals surface area (Å²) in [5.41, 5.74) is 1.32. The molecule has 0 bridgehead atoms. The van der Waals surface area contributed by atoms with Gasteiger partial charge in [-0.25, -0.2) is 18.6 Å². The molecule has 0 aliphatic heterocycles. The first-order valence-corrected chi connectivity index (χ1v) is 12.2. The highest BCUT2D eigenvalue weighted by molar-refractivity contribution is 6.30. The predicted molar refractivity (Wildman–Crippen MR) is 135 cm³/mol. The number of nitrogens with zero attached hydrogens (tertiary/aromatic N) is 2. The molecule has 3 rings (SSSR count). The number of ether oxygens (including phenoxy) is 2. The zero-order chi connectivity index (χ0) is 26.6. The number of pyridine rings is 1. The van der Waals surface area contributed by atoms with E-state index >= 15 is 0 Å². The number of aryl methyl sites for hydroxylation is 1. The highest BCUT2D eigenvalue weighted by Gasteiger charge is 2.22. The van der Waals surface area contributed by atoms with Crippen LogP contribution in [0.15, 0.2) is 30.5 Å². The Kier molecular flexibility index (Phi) is 8.79. The van der Waals surface area contributed by atoms with Crippen LogP contribution in [0.3, 0.4) is 0 Å². The second kappa shape index (κ2) is 11.4. The number of carbonyl (C=O) groups excluding carboxylic acids is 1. The zero-order valence-corrected chi connectivity index (χ0v) is 22.2. The van der Waals surface area contributed by atoms with Crippen LogP contribution >= 0.6 is 11.6 Å². The maximum atomic E-state index is 14.0. The van der Waals surface area contributed by atoms with E-state index in [1.165, 1.54) is 18.2 Å². The van der Waals surface area contributed by atoms with Crippen LogP contribution in [0.4, 0.5) is 13.6 Å². The van der Waals surface area contributed by atoms with Crippen LogP contribution in [-0.4, -0.2) is 33.7 Å². The van der Waals surface area contributed by atoms with E-state index in [0.717, 1.165) is 11.4 Å². The number of fused-ring (bicyclic) bond motifs is 1. The van der Waals surface area contributed by atoms with Gasteiger partial charge in [-0.05, 0) is 45.7 Å². The van der Waals surface area contributed by atoms with Crippen molar-refractivity contribution < 1.29 is 23.0 Å². The van der Waals surface area contributed by atoms with E-state index in [-0.39, 0.29) is 24.1 Å². The van der Waals surface area contributed by atoms with Crippen LogP contribution in [0, 0.1) is 24.5 Å². The highest BCUT2D eigenvalue weighted by Crippen LogP contribution is 2.28. The summed E-state index contributed by atoms with van der Waals surface area (Å²) in [4.78, 5) is 16.8. The summed E-state index contributed by atoms with van der Waals surface area (Å²) in [7, 11) is 0. The molecule has 2 N–H and O–H groups in total. The van der Waals surface area contributed by atoms with E-state index in [2.05, 4.69) is 15.6 Å². The van der Waals surface area contributed by atoms with Gasteiger partial charge in [-0.15, -0.1) is 0 Å². The molecule has 1 aromatic carbocycles. The minimum atomic E-state index is -0.683. The standard InChI is InChI=1S/C26H33ClF2N4O3/c1-15(2)21(32-25(34)36-26(4,5)6)11-30-12-22-16(3)31-24-23(10-17(27)13-33(22)24)35-14-18-19(28)8-7-9-20(18)29/h7-10,13,15,21,30H,11-12,14H2,1-6H3,(H,32,34). The number of amides is 1. The summed E-state index contributed by atoms with van der Waals surface area (Å²) in [6.07, 6.45) is 1.25. The van der Waals surface area contributed by atoms with Crippen LogP contribution in [0.2, 0.25) is 5.02 Å². The van der Waals surface area contributed by atoms with E-state index in [9.17, 15) is 13.6 Å². The number of halogens is 3. The smallest absolute Gasteiger partial charge is 0.407 e. The molecule has 0 aliphatic rings. The van der Waals surface area contributed by atoms with Crippen molar-refractivity contribution in [2.45, 2.75) is 66.3 Å². The molecule has 2 aromatic heterocycles. The van der Waals surface area contributed by atoms with Crippen molar-refractivity contribution in [1.82, 2.24) is 20.0 Å². The summed E-state index contributed by atoms with van der Waals surface area (Å²) in [6, 6.07) is 5.08. The lowest BCUT2D eigenvalue weighted by atomic mass is 10.0. The van der Waals surface area contributed by atoms with Crippen LogP contribution in [0.25, 0.3) is 5.65 Å². The van der Waals surface area contributed by atoms with Crippen molar-refractivity contribution in [3.05, 3.63) is 64.1 Å². The Hall–Kier alpha value is -2.91. The Bertz CT molecular complexity index is 1200. The molecule has 1 atom stereocenters. The van der Waals surface area contributed by atoms with Gasteiger partial charge in [0.1, 0.15) is 23.8 Å². The van der Waals surface area contributed by atoms with Crippen molar-refractivity contribution >= 4 is 23.3 Å². The van der Waals surface area contributed by atoms with Gasteiger partial charge < -0.3 is 20.1 Å². The van der Waals surface area contributed by atoms with Gasteiger partial charge in [-0.3, -0.25) is 4.40 Å². The third-order valence-corrected chi connectivity index (χ3v) is 5.76. The average Bonchev–Trinajstić information content (AvgIpc) is 3.06. The lowest BCUT2D eigenvalue weighted by molar-refractivity contribution is 0.0490. The van der Waals surface area contributed by atoms with E-state index in [4.69, 9.17) is 21.1 Å². The maximum Gasteiger partial charge on any atom is 0.407 e. The van der Waals surface area contributed by atoms with E-state index < -0.39 is 23.3 Å². The Morgan fingerprint density at radius 1 is 1.22 bits per heavy atom. The summed E-state index contributed by atoms with van der Waals surface area (Å²) in [6.45, 7) is 12.0. The molecule has 0 spiro atoms. The van der Waals surface area contributed by atoms with Gasteiger partial charge in [0.25, 0.3) is 0 Å². The summed E-state index contributed by atoms with van der Waals surface area (Å²) < 4.78 is 41.0. The summed E-state index contributed by atoms with van der Waals surface area (Å²) in [5, 5.41) is 6.67. The molecule has 2 heterocycles. The number of nitrogens with one attached hydrogen (secondary N) is 2. The van der Waals surface area contributed by atoms with Gasteiger partial charge >= 0.3 is 6.09 Å². The number of hydrogen-bond donors (Lipinski definition) is 2. The lowest BCUT2D eigenvalue weighted by Crippen LogP contribution is -2.47. The number of hydrogen-bond acceptors (Lipinski definition) is 5. The molecular weight excluding hydrogens is 490 g/mol. The first-order chi connectivity index (χ1) is 16.9. The van der Waals surface area contributed by atoms with E-state index in [1.54, 1.807) is 16.7 Å². The maximum absolute atomic E-state index is 14.0. The van der Waals surface area contributed by atoms with Crippen molar-refractivity contribution in [3.8, 4) is 5.75 Å². The summed E-state index contributed by atoms with van der Waals surface area (Å²) >= 11 is 6.33. The van der Waals surface area contributed by atoms with Gasteiger partial charge in [0.05, 0.1) is 22.0 Å². The largest absolute Gasteiger partial charge is 0.485 e. The third-order valence-electron chi connectivity index (χ3n) is 5.55. The first kappa shape index (κ1) is 27.7. The van der Waals surface area contributed by atoms with Gasteiger partial charge in [0, 0.05) is 31.4 Å². The number of carbonyl (C=O) groups is 1. The SMILES string of the molecule is Cc1nc2c(OCc3c(F)cccc3F)cc(Cl)cn2c1CNCC(NC(=O)OC(C)(C)C)C(C)C. The number of imidazole rings is 1. The predicted octanol–water partition coefficient (Wildman–Crippen LogP) is 5.79. The average molecular weight is 523 g/mol. The van der Waals surface area contributed by atoms with E-state index in [1.807, 2.05) is 41.5 Å². The Morgan fingerprint density at radius 2 is 1.89 bits per heavy atom. The normalized spacial score (nSPS) is 12.7. The van der Waals surface area contributed by atoms with Crippen molar-refractivity contribution in [1.29, 1.82) is 0 Å². The number of rotatable bonds is 9. The van der Waals surface area contributed by atoms with Crippen LogP contribution < -0.4 is 15.4 Å². The highest BCUT2D eigenvalue weighted by atomic mass is 35.5. The quantitative estimate of drug-likeness (QED) is 0.372. The van der Waals surface area contributed by atoms with Gasteiger partial charge in [-0.1, -0.05) is 31.5 Å². The minimum absolute atomic E-state index is 0.155. The van der Waals surface area contributed by atoms with E-state index in [0.29, 0.717) is 29.5 Å². The third kappa shape index (κ3) is 7.07. The van der Waals surface area contributed by atoms with Crippen molar-refractivity contribution in [2.24, 2.45) is 5.92 Å². The van der Waals surface area contributed by atoms with Gasteiger partial charge in [0.15, 0.2) is 11.4 Å². The zero-order valence-electron chi connectivity index (χ0n) is 21.4. The Morgan fingerprint density at radius 3 is 2.50 bits per heavy atom. The molecule has 7 nitrogen and oxygen atoms in total. The molecule has 196 valence electrons. The van der Waals surface area contributed by atoms with Gasteiger partial charge in [0.2, 0.25) is 0 Å². The number of alkyl carbamates (subject to hydrolysis) is 1. The molecule has 0 saturated carbocycles. The number of benzene rings is 1. The molecule has 1 amide bonds. The van der Waals surface area contributed by atoms with Crippen molar-refractivity contribution in [2.75, 3.05) is 6.54 Å². The molecular formula is C26H33ClF2N4O3. The second-order valence-corrected chi connectivity index (χ2v) is 10.4. The topological polar surface area (TPSA) is 76.9 Å². The summed E-state index contributed by atoms with van der Waals surface area (Å²) in [5.74, 6) is -0.887. The first-order valence-electron chi connectivity index (χ1n) is 11.8. The monoisotopic (exact) mass is 522 g/mol. The molecule has 0 saturated heterocycles. The van der Waals surface area contributed by atoms with Crippen molar-refractivity contribution in [3.63, 3.8) is 0 Å². The molecule has 0 radical (unpaired) electrons. The Balaban J connectivity index is 1.74. The fraction of sp³-hybridized carbons (Fsp3) is 0.462. The fourth-order valence-electron chi connectivity index (χ4n) is 3.64. The molecule has 0 fully saturated rings. The lowest BCUT2D eigenvalue weighted by Gasteiger charge is -2.26. The van der Waals surface area contributed by atoms with Crippen LogP contribution in [0.5, 0.6) is 5.75 Å². The second-order valence-electron chi connectivity index (χ2n) is 9.98. The molecule has 10 heteroatoms. The number of aromatic nitrogens is 2. The molecule has 3 aromatic rings. The minimum Gasteiger partial charge on any atom is -0.485 e. The molecule has 1 unspecified atom stereocenters. The molecule has 36 heavy (non-hydrogen) atoms. The van der Waals surface area contributed by atoms with Crippen LogP contribution in [-0.2, 0) is 17.9 Å².